The molecule has 0 spiro atoms. The molecule has 1 heterocycles. The Morgan fingerprint density at radius 2 is 2.09 bits per heavy atom. The Balaban J connectivity index is 2.96. The summed E-state index contributed by atoms with van der Waals surface area (Å²) in [6.07, 6.45) is 0. The molecular weight excluding hydrogens is 216 g/mol. The van der Waals surface area contributed by atoms with Crippen LogP contribution in [0.15, 0.2) is 0 Å². The van der Waals surface area contributed by atoms with Crippen LogP contribution in [0, 0.1) is 0 Å². The van der Waals surface area contributed by atoms with Crippen molar-refractivity contribution in [3.05, 3.63) is 0 Å². The van der Waals surface area contributed by atoms with Gasteiger partial charge in [0.1, 0.15) is 0 Å². The molecule has 0 bridgehead atoms. The molecule has 1 N–H and O–H groups in total. The van der Waals surface area contributed by atoms with Crippen LogP contribution in [-0.2, 0) is 14.3 Å². The van der Waals surface area contributed by atoms with E-state index in [1.54, 1.807) is 0 Å². The van der Waals surface area contributed by atoms with Gasteiger partial charge in [-0.25, -0.2) is 4.79 Å². The Morgan fingerprint density at radius 3 is 2.18 bits per heavy atom. The Hall–Kier alpha value is -0.580. The number of cyclic esters (lactones) is 1. The lowest BCUT2D eigenvalue weighted by Gasteiger charge is -2.45. The van der Waals surface area contributed by atoms with Crippen molar-refractivity contribution in [2.75, 3.05) is 0 Å². The summed E-state index contributed by atoms with van der Waals surface area (Å²) in [5, 5.41) is 8.64. The maximum atomic E-state index is 10.7. The zero-order valence-corrected chi connectivity index (χ0v) is 7.64. The fraction of sp³-hybridized carbons (Fsp3) is 0.667. The number of esters is 1. The van der Waals surface area contributed by atoms with Gasteiger partial charge >= 0.3 is 11.9 Å². The summed E-state index contributed by atoms with van der Waals surface area (Å²) in [4.78, 5) is 21.3. The highest BCUT2D eigenvalue weighted by Crippen LogP contribution is 2.44. The number of rotatable bonds is 1. The highest BCUT2D eigenvalue weighted by Gasteiger charge is 2.67. The van der Waals surface area contributed by atoms with Gasteiger partial charge in [0.05, 0.1) is 0 Å². The normalized spacial score (nSPS) is 42.6. The van der Waals surface area contributed by atoms with Gasteiger partial charge in [0.15, 0.2) is 4.32 Å². The van der Waals surface area contributed by atoms with Gasteiger partial charge in [-0.2, -0.15) is 0 Å². The van der Waals surface area contributed by atoms with Gasteiger partial charge in [0.25, 0.3) is 0 Å². The Bertz CT molecular complexity index is 235. The summed E-state index contributed by atoms with van der Waals surface area (Å²) >= 11 is 3.00. The first-order chi connectivity index (χ1) is 4.82. The van der Waals surface area contributed by atoms with Gasteiger partial charge in [-0.15, -0.1) is 0 Å². The summed E-state index contributed by atoms with van der Waals surface area (Å²) in [7, 11) is 0. The molecule has 0 radical (unpaired) electrons. The Labute approximate surface area is 71.7 Å². The predicted molar refractivity (Wildman–Crippen MR) is 39.5 cm³/mol. The highest BCUT2D eigenvalue weighted by molar-refractivity contribution is 9.10. The van der Waals surface area contributed by atoms with Crippen LogP contribution < -0.4 is 0 Å². The third kappa shape index (κ3) is 0.803. The van der Waals surface area contributed by atoms with Crippen LogP contribution in [0.25, 0.3) is 0 Å². The van der Waals surface area contributed by atoms with Gasteiger partial charge in [0, 0.05) is 0 Å². The second-order valence-corrected chi connectivity index (χ2v) is 4.32. The Morgan fingerprint density at radius 1 is 1.64 bits per heavy atom. The van der Waals surface area contributed by atoms with Crippen molar-refractivity contribution in [3.63, 3.8) is 0 Å². The number of carboxylic acids is 1. The predicted octanol–water partition coefficient (Wildman–Crippen LogP) is 0.540. The van der Waals surface area contributed by atoms with E-state index in [-0.39, 0.29) is 0 Å². The molecule has 1 aliphatic rings. The maximum absolute atomic E-state index is 10.7. The second kappa shape index (κ2) is 1.97. The molecule has 11 heavy (non-hydrogen) atoms. The minimum atomic E-state index is -1.43. The van der Waals surface area contributed by atoms with Crippen molar-refractivity contribution in [1.29, 1.82) is 0 Å². The summed E-state index contributed by atoms with van der Waals surface area (Å²) in [6, 6.07) is 0. The first-order valence-electron chi connectivity index (χ1n) is 2.98. The topological polar surface area (TPSA) is 63.6 Å². The lowest BCUT2D eigenvalue weighted by atomic mass is 9.85. The van der Waals surface area contributed by atoms with Gasteiger partial charge < -0.3 is 9.84 Å². The number of halogens is 1. The van der Waals surface area contributed by atoms with Crippen LogP contribution in [0.3, 0.4) is 0 Å². The quantitative estimate of drug-likeness (QED) is 0.520. The van der Waals surface area contributed by atoms with Gasteiger partial charge in [-0.05, 0) is 13.8 Å². The fourth-order valence-corrected chi connectivity index (χ4v) is 1.10. The molecule has 1 saturated heterocycles. The number of hydrogen-bond donors (Lipinski definition) is 1. The van der Waals surface area contributed by atoms with E-state index in [0.717, 1.165) is 0 Å². The summed E-state index contributed by atoms with van der Waals surface area (Å²) in [5.41, 5.74) is -1.43. The number of carbonyl (C=O) groups is 2. The molecule has 1 rings (SSSR count). The number of ether oxygens (including phenoxy) is 1. The number of hydrogen-bond acceptors (Lipinski definition) is 3. The van der Waals surface area contributed by atoms with E-state index in [1.165, 1.54) is 13.8 Å². The molecule has 0 aliphatic carbocycles. The number of alkyl halides is 1. The highest BCUT2D eigenvalue weighted by atomic mass is 79.9. The van der Waals surface area contributed by atoms with Crippen molar-refractivity contribution in [1.82, 2.24) is 0 Å². The smallest absolute Gasteiger partial charge is 0.350 e. The van der Waals surface area contributed by atoms with Crippen molar-refractivity contribution in [2.45, 2.75) is 23.8 Å². The van der Waals surface area contributed by atoms with Crippen LogP contribution in [-0.4, -0.2) is 27.0 Å². The molecule has 1 fully saturated rings. The molecular formula is C6H7BrO4. The average molecular weight is 223 g/mol. The first-order valence-corrected chi connectivity index (χ1v) is 3.77. The monoisotopic (exact) mass is 222 g/mol. The number of carbonyl (C=O) groups excluding carboxylic acids is 1. The van der Waals surface area contributed by atoms with E-state index in [2.05, 4.69) is 20.7 Å². The molecule has 0 aromatic carbocycles. The van der Waals surface area contributed by atoms with Crippen LogP contribution in [0.2, 0.25) is 0 Å². The van der Waals surface area contributed by atoms with Gasteiger partial charge in [0.2, 0.25) is 5.60 Å². The van der Waals surface area contributed by atoms with Crippen LogP contribution >= 0.6 is 15.9 Å². The van der Waals surface area contributed by atoms with Crippen molar-refractivity contribution in [3.8, 4) is 0 Å². The van der Waals surface area contributed by atoms with E-state index in [4.69, 9.17) is 5.11 Å². The third-order valence-corrected chi connectivity index (χ3v) is 3.06. The zero-order valence-electron chi connectivity index (χ0n) is 6.05. The first kappa shape index (κ1) is 8.52. The molecule has 0 saturated carbocycles. The molecule has 1 aliphatic heterocycles. The minimum Gasteiger partial charge on any atom is -0.478 e. The van der Waals surface area contributed by atoms with Crippen molar-refractivity contribution in [2.24, 2.45) is 0 Å². The van der Waals surface area contributed by atoms with E-state index in [0.29, 0.717) is 0 Å². The van der Waals surface area contributed by atoms with E-state index in [9.17, 15) is 9.59 Å². The molecule has 2 atom stereocenters. The lowest BCUT2D eigenvalue weighted by molar-refractivity contribution is -0.208. The molecule has 5 heteroatoms. The summed E-state index contributed by atoms with van der Waals surface area (Å²) in [6.45, 7) is 2.83. The fourth-order valence-electron chi connectivity index (χ4n) is 0.770. The largest absolute Gasteiger partial charge is 0.478 e. The van der Waals surface area contributed by atoms with Crippen molar-refractivity contribution >= 4 is 27.9 Å². The molecule has 0 aromatic heterocycles. The van der Waals surface area contributed by atoms with Crippen LogP contribution in [0.1, 0.15) is 13.8 Å². The van der Waals surface area contributed by atoms with E-state index in [1.807, 2.05) is 0 Å². The number of carboxylic acid groups (broad SMARTS) is 1. The van der Waals surface area contributed by atoms with Crippen LogP contribution in [0.5, 0.6) is 0 Å². The second-order valence-electron chi connectivity index (χ2n) is 2.73. The molecule has 0 aromatic rings. The standard InChI is InChI=1S/C6H7BrO4/c1-5(7)4(10)11-6(5,2)3(8)9/h1-2H3,(H,8,9)/t5-,6+/m1/s1. The molecule has 0 amide bonds. The lowest BCUT2D eigenvalue weighted by Crippen LogP contribution is -2.69. The third-order valence-electron chi connectivity index (χ3n) is 1.98. The van der Waals surface area contributed by atoms with Crippen molar-refractivity contribution < 1.29 is 19.4 Å². The SMILES string of the molecule is C[C@@]1(C(=O)O)OC(=O)[C@@]1(C)Br. The van der Waals surface area contributed by atoms with Gasteiger partial charge in [-0.1, -0.05) is 15.9 Å². The molecule has 4 nitrogen and oxygen atoms in total. The van der Waals surface area contributed by atoms with Gasteiger partial charge in [-0.3, -0.25) is 4.79 Å². The minimum absolute atomic E-state index is 0.539. The zero-order chi connectivity index (χ0) is 8.86. The van der Waals surface area contributed by atoms with E-state index >= 15 is 0 Å². The molecule has 62 valence electrons. The molecule has 0 unspecified atom stereocenters. The average Bonchev–Trinajstić information content (AvgIpc) is 1.87. The summed E-state index contributed by atoms with van der Waals surface area (Å²) in [5.74, 6) is -1.68. The summed E-state index contributed by atoms with van der Waals surface area (Å²) < 4.78 is 3.43. The van der Waals surface area contributed by atoms with Crippen LogP contribution in [0.4, 0.5) is 0 Å². The Kier molecular flexibility index (Phi) is 1.52. The van der Waals surface area contributed by atoms with E-state index < -0.39 is 21.9 Å². The maximum Gasteiger partial charge on any atom is 0.350 e. The number of aliphatic carboxylic acids is 1.